The first kappa shape index (κ1) is 16.5. The van der Waals surface area contributed by atoms with Crippen LogP contribution in [0.3, 0.4) is 0 Å². The number of nitrogens with one attached hydrogen (secondary N) is 2. The van der Waals surface area contributed by atoms with Crippen molar-refractivity contribution in [2.45, 2.75) is 20.8 Å². The Morgan fingerprint density at radius 1 is 1.17 bits per heavy atom. The van der Waals surface area contributed by atoms with Crippen molar-refractivity contribution in [1.29, 1.82) is 0 Å². The lowest BCUT2D eigenvalue weighted by molar-refractivity contribution is -0.135. The molecule has 0 bridgehead atoms. The van der Waals surface area contributed by atoms with E-state index in [4.69, 9.17) is 9.26 Å². The molecule has 0 radical (unpaired) electrons. The number of ether oxygens (including phenoxy) is 1. The maximum atomic E-state index is 12.4. The molecule has 1 heterocycles. The Labute approximate surface area is 134 Å². The van der Waals surface area contributed by atoms with E-state index < -0.39 is 17.2 Å². The molecule has 23 heavy (non-hydrogen) atoms. The lowest BCUT2D eigenvalue weighted by Gasteiger charge is -2.22. The molecular formula is C16H19N3O4. The third-order valence-corrected chi connectivity index (χ3v) is 3.33. The fourth-order valence-electron chi connectivity index (χ4n) is 1.79. The van der Waals surface area contributed by atoms with Crippen LogP contribution in [0.2, 0.25) is 0 Å². The molecule has 7 nitrogen and oxygen atoms in total. The molecule has 0 aliphatic rings. The summed E-state index contributed by atoms with van der Waals surface area (Å²) >= 11 is 0. The van der Waals surface area contributed by atoms with E-state index in [0.717, 1.165) is 0 Å². The molecule has 7 heteroatoms. The molecule has 0 fully saturated rings. The van der Waals surface area contributed by atoms with E-state index in [1.165, 1.54) is 21.0 Å². The number of carbonyl (C=O) groups excluding carboxylic acids is 2. The van der Waals surface area contributed by atoms with Crippen molar-refractivity contribution in [3.8, 4) is 5.75 Å². The fraction of sp³-hybridized carbons (Fsp3) is 0.312. The summed E-state index contributed by atoms with van der Waals surface area (Å²) in [5, 5.41) is 8.95. The van der Waals surface area contributed by atoms with Gasteiger partial charge < -0.3 is 19.9 Å². The first-order valence-corrected chi connectivity index (χ1v) is 7.03. The number of hydrogen-bond donors (Lipinski definition) is 2. The van der Waals surface area contributed by atoms with Crippen molar-refractivity contribution in [2.75, 3.05) is 17.7 Å². The molecule has 0 saturated carbocycles. The summed E-state index contributed by atoms with van der Waals surface area (Å²) in [5.74, 6) is 0.534. The summed E-state index contributed by atoms with van der Waals surface area (Å²) in [4.78, 5) is 24.7. The molecule has 0 spiro atoms. The number of carbonyl (C=O) groups is 2. The van der Waals surface area contributed by atoms with Gasteiger partial charge in [0.05, 0.1) is 7.11 Å². The Balaban J connectivity index is 2.07. The van der Waals surface area contributed by atoms with Gasteiger partial charge in [-0.2, -0.15) is 0 Å². The van der Waals surface area contributed by atoms with Gasteiger partial charge in [0.2, 0.25) is 11.8 Å². The zero-order chi connectivity index (χ0) is 17.0. The van der Waals surface area contributed by atoms with Gasteiger partial charge in [-0.15, -0.1) is 0 Å². The number of amides is 2. The van der Waals surface area contributed by atoms with Gasteiger partial charge in [-0.1, -0.05) is 11.2 Å². The summed E-state index contributed by atoms with van der Waals surface area (Å²) in [6.45, 7) is 4.78. The van der Waals surface area contributed by atoms with Gasteiger partial charge in [-0.05, 0) is 32.9 Å². The maximum Gasteiger partial charge on any atom is 0.240 e. The second kappa shape index (κ2) is 6.51. The number of aryl methyl sites for hydroxylation is 1. The zero-order valence-electron chi connectivity index (χ0n) is 13.5. The third kappa shape index (κ3) is 3.88. The number of aromatic nitrogens is 1. The Morgan fingerprint density at radius 2 is 1.87 bits per heavy atom. The second-order valence-electron chi connectivity index (χ2n) is 5.59. The van der Waals surface area contributed by atoms with Crippen molar-refractivity contribution in [1.82, 2.24) is 5.16 Å². The summed E-state index contributed by atoms with van der Waals surface area (Å²) in [6.07, 6.45) is 0. The van der Waals surface area contributed by atoms with Gasteiger partial charge in [0.1, 0.15) is 16.9 Å². The number of benzene rings is 1. The minimum Gasteiger partial charge on any atom is -0.497 e. The van der Waals surface area contributed by atoms with Crippen molar-refractivity contribution in [3.05, 3.63) is 36.1 Å². The highest BCUT2D eigenvalue weighted by Crippen LogP contribution is 2.23. The summed E-state index contributed by atoms with van der Waals surface area (Å²) < 4.78 is 9.98. The molecular weight excluding hydrogens is 298 g/mol. The minimum absolute atomic E-state index is 0.273. The molecule has 0 saturated heterocycles. The number of rotatable bonds is 5. The predicted octanol–water partition coefficient (Wildman–Crippen LogP) is 2.60. The SMILES string of the molecule is COc1cccc(NC(=O)C(C)(C)C(=O)Nc2cc(C)on2)c1. The highest BCUT2D eigenvalue weighted by atomic mass is 16.5. The van der Waals surface area contributed by atoms with Crippen LogP contribution in [-0.4, -0.2) is 24.1 Å². The van der Waals surface area contributed by atoms with Crippen molar-refractivity contribution < 1.29 is 18.8 Å². The van der Waals surface area contributed by atoms with Crippen LogP contribution in [0, 0.1) is 12.3 Å². The van der Waals surface area contributed by atoms with Crippen LogP contribution in [0.1, 0.15) is 19.6 Å². The largest absolute Gasteiger partial charge is 0.497 e. The van der Waals surface area contributed by atoms with Crippen LogP contribution in [0.4, 0.5) is 11.5 Å². The maximum absolute atomic E-state index is 12.4. The number of anilines is 2. The first-order valence-electron chi connectivity index (χ1n) is 7.03. The fourth-order valence-corrected chi connectivity index (χ4v) is 1.79. The molecule has 0 unspecified atom stereocenters. The standard InChI is InChI=1S/C16H19N3O4/c1-10-8-13(19-23-10)18-15(21)16(2,3)14(20)17-11-6-5-7-12(9-11)22-4/h5-9H,1-4H3,(H,17,20)(H,18,19,21). The van der Waals surface area contributed by atoms with Gasteiger partial charge in [-0.3, -0.25) is 9.59 Å². The Bertz CT molecular complexity index is 722. The molecule has 2 rings (SSSR count). The van der Waals surface area contributed by atoms with Crippen LogP contribution in [-0.2, 0) is 9.59 Å². The van der Waals surface area contributed by atoms with E-state index in [-0.39, 0.29) is 5.82 Å². The molecule has 122 valence electrons. The van der Waals surface area contributed by atoms with Crippen molar-refractivity contribution >= 4 is 23.3 Å². The monoisotopic (exact) mass is 317 g/mol. The topological polar surface area (TPSA) is 93.5 Å². The molecule has 1 aromatic carbocycles. The first-order chi connectivity index (χ1) is 10.8. The Hall–Kier alpha value is -2.83. The van der Waals surface area contributed by atoms with Crippen LogP contribution < -0.4 is 15.4 Å². The van der Waals surface area contributed by atoms with Crippen molar-refractivity contribution in [3.63, 3.8) is 0 Å². The average molecular weight is 317 g/mol. The normalized spacial score (nSPS) is 11.0. The molecule has 2 aromatic rings. The number of nitrogens with zero attached hydrogens (tertiary/aromatic N) is 1. The van der Waals surface area contributed by atoms with Crippen LogP contribution >= 0.6 is 0 Å². The van der Waals surface area contributed by atoms with E-state index in [2.05, 4.69) is 15.8 Å². The zero-order valence-corrected chi connectivity index (χ0v) is 13.5. The smallest absolute Gasteiger partial charge is 0.240 e. The Kier molecular flexibility index (Phi) is 4.68. The van der Waals surface area contributed by atoms with Crippen LogP contribution in [0.15, 0.2) is 34.9 Å². The molecule has 0 aliphatic heterocycles. The molecule has 2 amide bonds. The van der Waals surface area contributed by atoms with Gasteiger partial charge >= 0.3 is 0 Å². The molecule has 2 N–H and O–H groups in total. The number of hydrogen-bond acceptors (Lipinski definition) is 5. The van der Waals surface area contributed by atoms with E-state index in [1.54, 1.807) is 37.3 Å². The summed E-state index contributed by atoms with van der Waals surface area (Å²) in [5.41, 5.74) is -0.747. The highest BCUT2D eigenvalue weighted by Gasteiger charge is 2.36. The molecule has 0 aliphatic carbocycles. The minimum atomic E-state index is -1.30. The Morgan fingerprint density at radius 3 is 2.48 bits per heavy atom. The van der Waals surface area contributed by atoms with Crippen LogP contribution in [0.5, 0.6) is 5.75 Å². The lowest BCUT2D eigenvalue weighted by atomic mass is 9.91. The average Bonchev–Trinajstić information content (AvgIpc) is 2.92. The van der Waals surface area contributed by atoms with Crippen molar-refractivity contribution in [2.24, 2.45) is 5.41 Å². The van der Waals surface area contributed by atoms with Gasteiger partial charge in [0.25, 0.3) is 0 Å². The van der Waals surface area contributed by atoms with Gasteiger partial charge in [0.15, 0.2) is 5.82 Å². The van der Waals surface area contributed by atoms with E-state index in [9.17, 15) is 9.59 Å². The number of methoxy groups -OCH3 is 1. The van der Waals surface area contributed by atoms with E-state index in [0.29, 0.717) is 17.2 Å². The van der Waals surface area contributed by atoms with E-state index >= 15 is 0 Å². The lowest BCUT2D eigenvalue weighted by Crippen LogP contribution is -2.41. The van der Waals surface area contributed by atoms with Gasteiger partial charge in [0, 0.05) is 17.8 Å². The summed E-state index contributed by atoms with van der Waals surface area (Å²) in [7, 11) is 1.54. The summed E-state index contributed by atoms with van der Waals surface area (Å²) in [6, 6.07) is 8.48. The predicted molar refractivity (Wildman–Crippen MR) is 85.3 cm³/mol. The third-order valence-electron chi connectivity index (χ3n) is 3.33. The van der Waals surface area contributed by atoms with Crippen LogP contribution in [0.25, 0.3) is 0 Å². The quantitative estimate of drug-likeness (QED) is 0.827. The van der Waals surface area contributed by atoms with E-state index in [1.807, 2.05) is 0 Å². The molecule has 0 atom stereocenters. The second-order valence-corrected chi connectivity index (χ2v) is 5.59. The molecule has 1 aromatic heterocycles. The highest BCUT2D eigenvalue weighted by molar-refractivity contribution is 6.13. The van der Waals surface area contributed by atoms with Gasteiger partial charge in [-0.25, -0.2) is 0 Å².